The van der Waals surface area contributed by atoms with Gasteiger partial charge in [0, 0.05) is 38.3 Å². The first-order chi connectivity index (χ1) is 13.8. The zero-order chi connectivity index (χ0) is 19.1. The molecule has 1 saturated carbocycles. The van der Waals surface area contributed by atoms with E-state index in [9.17, 15) is 4.79 Å². The number of rotatable bonds is 4. The number of carbonyl (C=O) groups is 1. The quantitative estimate of drug-likeness (QED) is 0.702. The number of fused-ring (bicyclic) bond motifs is 1. The van der Waals surface area contributed by atoms with Crippen molar-refractivity contribution in [1.29, 1.82) is 0 Å². The van der Waals surface area contributed by atoms with Gasteiger partial charge in [0.05, 0.1) is 18.3 Å². The van der Waals surface area contributed by atoms with E-state index in [1.165, 1.54) is 12.8 Å². The number of nitrogens with zero attached hydrogens (tertiary/aromatic N) is 4. The van der Waals surface area contributed by atoms with E-state index in [0.717, 1.165) is 35.9 Å². The van der Waals surface area contributed by atoms with Gasteiger partial charge in [-0.15, -0.1) is 0 Å². The highest BCUT2D eigenvalue weighted by atomic mass is 16.5. The van der Waals surface area contributed by atoms with Crippen LogP contribution in [0, 0.1) is 0 Å². The minimum Gasteiger partial charge on any atom is -0.495 e. The fourth-order valence-corrected chi connectivity index (χ4v) is 4.04. The Labute approximate surface area is 164 Å². The number of ether oxygens (including phenoxy) is 1. The molecule has 0 atom stereocenters. The van der Waals surface area contributed by atoms with E-state index >= 15 is 0 Å². The molecule has 0 bridgehead atoms. The third-order valence-electron chi connectivity index (χ3n) is 5.71. The van der Waals surface area contributed by atoms with Gasteiger partial charge in [0.25, 0.3) is 5.91 Å². The van der Waals surface area contributed by atoms with Crippen LogP contribution in [-0.4, -0.2) is 53.5 Å². The van der Waals surface area contributed by atoms with Crippen molar-refractivity contribution in [1.82, 2.24) is 14.3 Å². The van der Waals surface area contributed by atoms with Gasteiger partial charge < -0.3 is 18.9 Å². The van der Waals surface area contributed by atoms with Gasteiger partial charge in [-0.05, 0) is 37.1 Å². The second kappa shape index (κ2) is 6.86. The molecule has 5 rings (SSSR count). The van der Waals surface area contributed by atoms with Crippen molar-refractivity contribution >= 4 is 17.1 Å². The Bertz CT molecular complexity index is 1020. The topological polar surface area (TPSA) is 50.1 Å². The SMILES string of the molecule is COc1ccccc1N1CCN(C(=O)c2nc(C3CC3)n3ccccc23)CC1. The molecule has 2 aromatic heterocycles. The summed E-state index contributed by atoms with van der Waals surface area (Å²) in [5, 5.41) is 0. The monoisotopic (exact) mass is 376 g/mol. The Balaban J connectivity index is 1.36. The lowest BCUT2D eigenvalue weighted by Crippen LogP contribution is -2.49. The molecular formula is C22H24N4O2. The number of piperazine rings is 1. The fourth-order valence-electron chi connectivity index (χ4n) is 4.04. The Morgan fingerprint density at radius 3 is 2.54 bits per heavy atom. The van der Waals surface area contributed by atoms with E-state index in [0.29, 0.717) is 24.7 Å². The second-order valence-electron chi connectivity index (χ2n) is 7.50. The van der Waals surface area contributed by atoms with Crippen molar-refractivity contribution < 1.29 is 9.53 Å². The summed E-state index contributed by atoms with van der Waals surface area (Å²) >= 11 is 0. The minimum absolute atomic E-state index is 0.0373. The molecule has 2 aliphatic rings. The maximum Gasteiger partial charge on any atom is 0.274 e. The Kier molecular flexibility index (Phi) is 4.19. The van der Waals surface area contributed by atoms with Gasteiger partial charge in [0.15, 0.2) is 5.69 Å². The van der Waals surface area contributed by atoms with Crippen LogP contribution in [0.4, 0.5) is 5.69 Å². The van der Waals surface area contributed by atoms with Crippen LogP contribution in [0.25, 0.3) is 5.52 Å². The van der Waals surface area contributed by atoms with Crippen molar-refractivity contribution in [3.63, 3.8) is 0 Å². The summed E-state index contributed by atoms with van der Waals surface area (Å²) in [6.07, 6.45) is 4.35. The molecular weight excluding hydrogens is 352 g/mol. The lowest BCUT2D eigenvalue weighted by atomic mass is 10.2. The van der Waals surface area contributed by atoms with E-state index in [-0.39, 0.29) is 5.91 Å². The molecule has 6 nitrogen and oxygen atoms in total. The van der Waals surface area contributed by atoms with Gasteiger partial charge >= 0.3 is 0 Å². The van der Waals surface area contributed by atoms with Crippen LogP contribution in [0.15, 0.2) is 48.7 Å². The van der Waals surface area contributed by atoms with Crippen LogP contribution < -0.4 is 9.64 Å². The van der Waals surface area contributed by atoms with Crippen LogP contribution >= 0.6 is 0 Å². The average molecular weight is 376 g/mol. The molecule has 1 amide bonds. The second-order valence-corrected chi connectivity index (χ2v) is 7.50. The van der Waals surface area contributed by atoms with Crippen molar-refractivity contribution in [2.24, 2.45) is 0 Å². The molecule has 1 aliphatic carbocycles. The summed E-state index contributed by atoms with van der Waals surface area (Å²) in [7, 11) is 1.69. The highest BCUT2D eigenvalue weighted by Crippen LogP contribution is 2.40. The largest absolute Gasteiger partial charge is 0.495 e. The molecule has 0 radical (unpaired) electrons. The Morgan fingerprint density at radius 2 is 1.79 bits per heavy atom. The fraction of sp³-hybridized carbons (Fsp3) is 0.364. The standard InChI is InChI=1S/C22H24N4O2/c1-28-19-8-3-2-6-17(19)24-12-14-25(15-13-24)22(27)20-18-7-4-5-11-26(18)21(23-20)16-9-10-16/h2-8,11,16H,9-10,12-15H2,1H3. The van der Waals surface area contributed by atoms with E-state index < -0.39 is 0 Å². The smallest absolute Gasteiger partial charge is 0.274 e. The van der Waals surface area contributed by atoms with E-state index in [4.69, 9.17) is 9.72 Å². The van der Waals surface area contributed by atoms with Crippen molar-refractivity contribution in [3.8, 4) is 5.75 Å². The first-order valence-electron chi connectivity index (χ1n) is 9.90. The van der Waals surface area contributed by atoms with Gasteiger partial charge in [-0.2, -0.15) is 0 Å². The van der Waals surface area contributed by atoms with Crippen molar-refractivity contribution in [2.45, 2.75) is 18.8 Å². The normalized spacial score (nSPS) is 17.2. The molecule has 0 unspecified atom stereocenters. The summed E-state index contributed by atoms with van der Waals surface area (Å²) in [5.74, 6) is 2.44. The van der Waals surface area contributed by atoms with Crippen LogP contribution in [0.3, 0.4) is 0 Å². The van der Waals surface area contributed by atoms with Crippen LogP contribution in [0.5, 0.6) is 5.75 Å². The lowest BCUT2D eigenvalue weighted by molar-refractivity contribution is 0.0743. The number of aromatic nitrogens is 2. The van der Waals surface area contributed by atoms with Crippen molar-refractivity contribution in [2.75, 3.05) is 38.2 Å². The number of amides is 1. The van der Waals surface area contributed by atoms with E-state index in [1.807, 2.05) is 47.5 Å². The first kappa shape index (κ1) is 17.1. The van der Waals surface area contributed by atoms with E-state index in [1.54, 1.807) is 7.11 Å². The molecule has 144 valence electrons. The van der Waals surface area contributed by atoms with Gasteiger partial charge in [0.1, 0.15) is 11.6 Å². The van der Waals surface area contributed by atoms with Crippen LogP contribution in [-0.2, 0) is 0 Å². The molecule has 3 heterocycles. The maximum absolute atomic E-state index is 13.2. The highest BCUT2D eigenvalue weighted by Gasteiger charge is 2.32. The summed E-state index contributed by atoms with van der Waals surface area (Å²) in [6.45, 7) is 2.93. The molecule has 1 aliphatic heterocycles. The van der Waals surface area contributed by atoms with Crippen molar-refractivity contribution in [3.05, 3.63) is 60.2 Å². The molecule has 6 heteroatoms. The predicted molar refractivity (Wildman–Crippen MR) is 108 cm³/mol. The van der Waals surface area contributed by atoms with Gasteiger partial charge in [0.2, 0.25) is 0 Å². The first-order valence-corrected chi connectivity index (χ1v) is 9.90. The zero-order valence-corrected chi connectivity index (χ0v) is 16.0. The molecule has 0 spiro atoms. The number of carbonyl (C=O) groups excluding carboxylic acids is 1. The van der Waals surface area contributed by atoms with E-state index in [2.05, 4.69) is 15.4 Å². The number of para-hydroxylation sites is 2. The summed E-state index contributed by atoms with van der Waals surface area (Å²) in [4.78, 5) is 22.2. The van der Waals surface area contributed by atoms with Gasteiger partial charge in [-0.1, -0.05) is 18.2 Å². The highest BCUT2D eigenvalue weighted by molar-refractivity contribution is 5.99. The number of benzene rings is 1. The number of imidazole rings is 1. The van der Waals surface area contributed by atoms with Gasteiger partial charge in [-0.3, -0.25) is 4.79 Å². The average Bonchev–Trinajstić information content (AvgIpc) is 3.53. The summed E-state index contributed by atoms with van der Waals surface area (Å²) < 4.78 is 7.58. The lowest BCUT2D eigenvalue weighted by Gasteiger charge is -2.36. The summed E-state index contributed by atoms with van der Waals surface area (Å²) in [5.41, 5.74) is 2.59. The Morgan fingerprint density at radius 1 is 1.04 bits per heavy atom. The molecule has 3 aromatic rings. The van der Waals surface area contributed by atoms with Gasteiger partial charge in [-0.25, -0.2) is 4.98 Å². The van der Waals surface area contributed by atoms with Crippen LogP contribution in [0.2, 0.25) is 0 Å². The number of hydrogen-bond donors (Lipinski definition) is 0. The number of methoxy groups -OCH3 is 1. The molecule has 28 heavy (non-hydrogen) atoms. The predicted octanol–water partition coefficient (Wildman–Crippen LogP) is 3.18. The number of hydrogen-bond acceptors (Lipinski definition) is 4. The third-order valence-corrected chi connectivity index (χ3v) is 5.71. The minimum atomic E-state index is 0.0373. The third kappa shape index (κ3) is 2.89. The zero-order valence-electron chi connectivity index (χ0n) is 16.0. The summed E-state index contributed by atoms with van der Waals surface area (Å²) in [6, 6.07) is 14.0. The molecule has 2 fully saturated rings. The molecule has 0 N–H and O–H groups in total. The molecule has 1 saturated heterocycles. The van der Waals surface area contributed by atoms with Crippen LogP contribution in [0.1, 0.15) is 35.1 Å². The molecule has 1 aromatic carbocycles. The number of pyridine rings is 1. The number of anilines is 1. The Hall–Kier alpha value is -3.02. The maximum atomic E-state index is 13.2.